The number of carbonyl (C=O) groups excluding carboxylic acids is 1. The average molecular weight is 254 g/mol. The van der Waals surface area contributed by atoms with E-state index in [1.807, 2.05) is 31.2 Å². The lowest BCUT2D eigenvalue weighted by atomic mass is 10.1. The molecule has 0 bridgehead atoms. The largest absolute Gasteiger partial charge is 0.311 e. The minimum absolute atomic E-state index is 0.00198. The normalized spacial score (nSPS) is 10.2. The summed E-state index contributed by atoms with van der Waals surface area (Å²) in [4.78, 5) is 16.0. The summed E-state index contributed by atoms with van der Waals surface area (Å²) in [6.45, 7) is 4.02. The Bertz CT molecular complexity index is 561. The molecular formula is C16H18N2O. The molecule has 0 saturated carbocycles. The molecule has 3 nitrogen and oxygen atoms in total. The maximum Gasteiger partial charge on any atom is 0.225 e. The minimum atomic E-state index is -0.00198. The number of amides is 1. The van der Waals surface area contributed by atoms with Crippen LogP contribution >= 0.6 is 0 Å². The Hall–Kier alpha value is -2.16. The van der Waals surface area contributed by atoms with Crippen LogP contribution in [0.15, 0.2) is 42.6 Å². The van der Waals surface area contributed by atoms with Gasteiger partial charge >= 0.3 is 0 Å². The minimum Gasteiger partial charge on any atom is -0.311 e. The van der Waals surface area contributed by atoms with E-state index >= 15 is 0 Å². The third-order valence-corrected chi connectivity index (χ3v) is 2.90. The van der Waals surface area contributed by atoms with Crippen molar-refractivity contribution >= 4 is 11.7 Å². The number of anilines is 1. The molecule has 0 saturated heterocycles. The number of benzene rings is 1. The van der Waals surface area contributed by atoms with E-state index in [9.17, 15) is 4.79 Å². The molecule has 0 aliphatic rings. The molecule has 3 heteroatoms. The van der Waals surface area contributed by atoms with Gasteiger partial charge in [-0.15, -0.1) is 0 Å². The number of nitrogens with zero attached hydrogens (tertiary/aromatic N) is 1. The second-order valence-corrected chi connectivity index (χ2v) is 4.76. The molecule has 0 unspecified atom stereocenters. The first kappa shape index (κ1) is 13.3. The van der Waals surface area contributed by atoms with Crippen molar-refractivity contribution in [1.82, 2.24) is 4.98 Å². The summed E-state index contributed by atoms with van der Waals surface area (Å²) < 4.78 is 0. The van der Waals surface area contributed by atoms with Gasteiger partial charge in [-0.25, -0.2) is 4.98 Å². The van der Waals surface area contributed by atoms with Crippen LogP contribution in [0.2, 0.25) is 0 Å². The summed E-state index contributed by atoms with van der Waals surface area (Å²) >= 11 is 0. The Morgan fingerprint density at radius 3 is 2.68 bits per heavy atom. The van der Waals surface area contributed by atoms with E-state index in [0.29, 0.717) is 12.2 Å². The van der Waals surface area contributed by atoms with Gasteiger partial charge in [0.05, 0.1) is 0 Å². The average Bonchev–Trinajstić information content (AvgIpc) is 2.39. The molecular weight excluding hydrogens is 236 g/mol. The van der Waals surface area contributed by atoms with Gasteiger partial charge in [-0.2, -0.15) is 0 Å². The molecule has 1 heterocycles. The van der Waals surface area contributed by atoms with Crippen molar-refractivity contribution < 1.29 is 4.79 Å². The molecule has 1 aromatic heterocycles. The van der Waals surface area contributed by atoms with E-state index < -0.39 is 0 Å². The van der Waals surface area contributed by atoms with Crippen LogP contribution in [0, 0.1) is 13.8 Å². The van der Waals surface area contributed by atoms with Crippen LogP contribution in [0.25, 0.3) is 0 Å². The molecule has 2 aromatic rings. The molecule has 2 rings (SSSR count). The summed E-state index contributed by atoms with van der Waals surface area (Å²) in [5, 5.41) is 2.80. The molecule has 0 spiro atoms. The molecule has 0 fully saturated rings. The SMILES string of the molecule is Cc1ccc(NC(=O)CCc2cccc(C)c2)nc1. The number of carbonyl (C=O) groups is 1. The smallest absolute Gasteiger partial charge is 0.225 e. The van der Waals surface area contributed by atoms with Crippen LogP contribution in [0.1, 0.15) is 23.1 Å². The molecule has 0 radical (unpaired) electrons. The highest BCUT2D eigenvalue weighted by Crippen LogP contribution is 2.08. The lowest BCUT2D eigenvalue weighted by Crippen LogP contribution is -2.13. The van der Waals surface area contributed by atoms with Crippen molar-refractivity contribution in [2.24, 2.45) is 0 Å². The lowest BCUT2D eigenvalue weighted by molar-refractivity contribution is -0.116. The van der Waals surface area contributed by atoms with Crippen LogP contribution in [0.5, 0.6) is 0 Å². The van der Waals surface area contributed by atoms with Gasteiger partial charge in [0.1, 0.15) is 5.82 Å². The van der Waals surface area contributed by atoms with Crippen LogP contribution in [-0.4, -0.2) is 10.9 Å². The second kappa shape index (κ2) is 6.14. The Morgan fingerprint density at radius 1 is 1.16 bits per heavy atom. The van der Waals surface area contributed by atoms with Crippen LogP contribution < -0.4 is 5.32 Å². The van der Waals surface area contributed by atoms with Gasteiger partial charge in [0.25, 0.3) is 0 Å². The maximum absolute atomic E-state index is 11.8. The number of rotatable bonds is 4. The van der Waals surface area contributed by atoms with Crippen LogP contribution in [-0.2, 0) is 11.2 Å². The van der Waals surface area contributed by atoms with Gasteiger partial charge in [-0.1, -0.05) is 35.9 Å². The fourth-order valence-electron chi connectivity index (χ4n) is 1.87. The zero-order valence-electron chi connectivity index (χ0n) is 11.3. The molecule has 98 valence electrons. The zero-order chi connectivity index (χ0) is 13.7. The number of pyridine rings is 1. The first-order valence-electron chi connectivity index (χ1n) is 6.41. The van der Waals surface area contributed by atoms with Gasteiger partial charge in [0.2, 0.25) is 5.91 Å². The number of aromatic nitrogens is 1. The van der Waals surface area contributed by atoms with Crippen molar-refractivity contribution in [2.75, 3.05) is 5.32 Å². The van der Waals surface area contributed by atoms with E-state index in [1.165, 1.54) is 11.1 Å². The number of hydrogen-bond donors (Lipinski definition) is 1. The quantitative estimate of drug-likeness (QED) is 0.909. The van der Waals surface area contributed by atoms with Gasteiger partial charge in [0.15, 0.2) is 0 Å². The molecule has 19 heavy (non-hydrogen) atoms. The number of aryl methyl sites for hydroxylation is 3. The first-order chi connectivity index (χ1) is 9.13. The van der Waals surface area contributed by atoms with Crippen molar-refractivity contribution in [3.63, 3.8) is 0 Å². The number of nitrogens with one attached hydrogen (secondary N) is 1. The molecule has 1 N–H and O–H groups in total. The second-order valence-electron chi connectivity index (χ2n) is 4.76. The summed E-state index contributed by atoms with van der Waals surface area (Å²) in [5.41, 5.74) is 3.49. The summed E-state index contributed by atoms with van der Waals surface area (Å²) in [7, 11) is 0. The monoisotopic (exact) mass is 254 g/mol. The molecule has 0 aliphatic carbocycles. The van der Waals surface area contributed by atoms with E-state index in [-0.39, 0.29) is 5.91 Å². The Balaban J connectivity index is 1.86. The molecule has 1 amide bonds. The lowest BCUT2D eigenvalue weighted by Gasteiger charge is -2.05. The third-order valence-electron chi connectivity index (χ3n) is 2.90. The van der Waals surface area contributed by atoms with Gasteiger partial charge in [0, 0.05) is 12.6 Å². The summed E-state index contributed by atoms with van der Waals surface area (Å²) in [5.74, 6) is 0.609. The van der Waals surface area contributed by atoms with Crippen LogP contribution in [0.3, 0.4) is 0 Å². The zero-order valence-corrected chi connectivity index (χ0v) is 11.3. The fourth-order valence-corrected chi connectivity index (χ4v) is 1.87. The summed E-state index contributed by atoms with van der Waals surface area (Å²) in [6.07, 6.45) is 2.97. The number of hydrogen-bond acceptors (Lipinski definition) is 2. The van der Waals surface area contributed by atoms with Crippen molar-refractivity contribution in [3.8, 4) is 0 Å². The van der Waals surface area contributed by atoms with Gasteiger partial charge in [-0.05, 0) is 37.5 Å². The predicted octanol–water partition coefficient (Wildman–Crippen LogP) is 3.27. The molecule has 0 aliphatic heterocycles. The van der Waals surface area contributed by atoms with Crippen molar-refractivity contribution in [3.05, 3.63) is 59.3 Å². The highest BCUT2D eigenvalue weighted by Gasteiger charge is 2.04. The Labute approximate surface area is 113 Å². The fraction of sp³-hybridized carbons (Fsp3) is 0.250. The van der Waals surface area contributed by atoms with E-state index in [2.05, 4.69) is 29.4 Å². The third kappa shape index (κ3) is 4.21. The highest BCUT2D eigenvalue weighted by molar-refractivity contribution is 5.89. The van der Waals surface area contributed by atoms with E-state index in [0.717, 1.165) is 12.0 Å². The highest BCUT2D eigenvalue weighted by atomic mass is 16.1. The Morgan fingerprint density at radius 2 is 2.00 bits per heavy atom. The predicted molar refractivity (Wildman–Crippen MR) is 77.1 cm³/mol. The molecule has 1 aromatic carbocycles. The molecule has 0 atom stereocenters. The van der Waals surface area contributed by atoms with Crippen molar-refractivity contribution in [2.45, 2.75) is 26.7 Å². The maximum atomic E-state index is 11.8. The van der Waals surface area contributed by atoms with Gasteiger partial charge in [-0.3, -0.25) is 4.79 Å². The topological polar surface area (TPSA) is 42.0 Å². The van der Waals surface area contributed by atoms with Crippen LogP contribution in [0.4, 0.5) is 5.82 Å². The summed E-state index contributed by atoms with van der Waals surface area (Å²) in [6, 6.07) is 12.0. The van der Waals surface area contributed by atoms with E-state index in [4.69, 9.17) is 0 Å². The van der Waals surface area contributed by atoms with Crippen molar-refractivity contribution in [1.29, 1.82) is 0 Å². The van der Waals surface area contributed by atoms with E-state index in [1.54, 1.807) is 6.20 Å². The first-order valence-corrected chi connectivity index (χ1v) is 6.41. The van der Waals surface area contributed by atoms with Gasteiger partial charge < -0.3 is 5.32 Å². The standard InChI is InChI=1S/C16H18N2O/c1-12-4-3-5-14(10-12)7-9-16(19)18-15-8-6-13(2)11-17-15/h3-6,8,10-11H,7,9H2,1-2H3,(H,17,18,19). The Kier molecular flexibility index (Phi) is 4.29.